The molecule has 2 aromatic rings. The number of aliphatic hydroxyl groups is 1. The molecule has 2 unspecified atom stereocenters. The molecule has 1 fully saturated rings. The van der Waals surface area contributed by atoms with Crippen LogP contribution in [0.1, 0.15) is 30.9 Å². The number of hydrogen-bond donors (Lipinski definition) is 2. The Kier molecular flexibility index (Phi) is 5.49. The third kappa shape index (κ3) is 4.36. The first kappa shape index (κ1) is 16.5. The summed E-state index contributed by atoms with van der Waals surface area (Å²) in [5.41, 5.74) is 0.817. The van der Waals surface area contributed by atoms with E-state index in [0.29, 0.717) is 18.1 Å². The van der Waals surface area contributed by atoms with Crippen LogP contribution in [-0.4, -0.2) is 23.7 Å². The van der Waals surface area contributed by atoms with E-state index in [-0.39, 0.29) is 18.6 Å². The van der Waals surface area contributed by atoms with Gasteiger partial charge in [-0.25, -0.2) is 0 Å². The first-order valence-electron chi connectivity index (χ1n) is 8.46. The Morgan fingerprint density at radius 3 is 2.29 bits per heavy atom. The van der Waals surface area contributed by atoms with Crippen molar-refractivity contribution in [3.05, 3.63) is 66.2 Å². The van der Waals surface area contributed by atoms with Crippen LogP contribution in [-0.2, 0) is 4.79 Å². The molecule has 24 heavy (non-hydrogen) atoms. The summed E-state index contributed by atoms with van der Waals surface area (Å²) >= 11 is 0. The van der Waals surface area contributed by atoms with Crippen molar-refractivity contribution in [2.45, 2.75) is 31.4 Å². The molecule has 4 nitrogen and oxygen atoms in total. The topological polar surface area (TPSA) is 58.6 Å². The molecule has 1 aliphatic carbocycles. The van der Waals surface area contributed by atoms with Gasteiger partial charge in [0, 0.05) is 18.2 Å². The second kappa shape index (κ2) is 7.97. The number of aliphatic hydroxyl groups excluding tert-OH is 1. The normalized spacial score (nSPS) is 16.2. The third-order valence-electron chi connectivity index (χ3n) is 4.30. The monoisotopic (exact) mass is 325 g/mol. The molecule has 2 N–H and O–H groups in total. The molecule has 0 aliphatic heterocycles. The fraction of sp³-hybridized carbons (Fsp3) is 0.350. The van der Waals surface area contributed by atoms with E-state index in [1.54, 1.807) is 0 Å². The van der Waals surface area contributed by atoms with Gasteiger partial charge >= 0.3 is 0 Å². The lowest BCUT2D eigenvalue weighted by Crippen LogP contribution is -2.41. The number of carbonyl (C=O) groups is 1. The Labute approximate surface area is 142 Å². The van der Waals surface area contributed by atoms with Gasteiger partial charge in [-0.05, 0) is 37.3 Å². The predicted molar refractivity (Wildman–Crippen MR) is 92.6 cm³/mol. The lowest BCUT2D eigenvalue weighted by Gasteiger charge is -2.23. The molecule has 3 rings (SSSR count). The molecule has 126 valence electrons. The second-order valence-corrected chi connectivity index (χ2v) is 6.19. The number of ether oxygens (including phenoxy) is 1. The van der Waals surface area contributed by atoms with Crippen molar-refractivity contribution >= 4 is 5.91 Å². The van der Waals surface area contributed by atoms with E-state index in [1.165, 1.54) is 0 Å². The number of carbonyl (C=O) groups excluding carboxylic acids is 1. The summed E-state index contributed by atoms with van der Waals surface area (Å²) in [6.45, 7) is 0.0803. The maximum Gasteiger partial charge on any atom is 0.266 e. The van der Waals surface area contributed by atoms with E-state index >= 15 is 0 Å². The van der Waals surface area contributed by atoms with Crippen molar-refractivity contribution in [3.8, 4) is 5.75 Å². The molecule has 2 aromatic carbocycles. The number of para-hydroxylation sites is 1. The Balaban J connectivity index is 1.77. The summed E-state index contributed by atoms with van der Waals surface area (Å²) in [6, 6.07) is 18.9. The summed E-state index contributed by atoms with van der Waals surface area (Å²) < 4.78 is 5.97. The number of rotatable bonds is 8. The zero-order valence-electron chi connectivity index (χ0n) is 13.6. The van der Waals surface area contributed by atoms with Crippen molar-refractivity contribution in [2.75, 3.05) is 6.61 Å². The zero-order valence-corrected chi connectivity index (χ0v) is 13.6. The molecule has 1 amide bonds. The van der Waals surface area contributed by atoms with Crippen molar-refractivity contribution in [1.29, 1.82) is 0 Å². The summed E-state index contributed by atoms with van der Waals surface area (Å²) in [5, 5.41) is 12.3. The van der Waals surface area contributed by atoms with Gasteiger partial charge in [-0.1, -0.05) is 48.5 Å². The van der Waals surface area contributed by atoms with Gasteiger partial charge in [0.15, 0.2) is 0 Å². The highest BCUT2D eigenvalue weighted by Gasteiger charge is 2.34. The van der Waals surface area contributed by atoms with E-state index in [2.05, 4.69) is 5.32 Å². The van der Waals surface area contributed by atoms with Crippen molar-refractivity contribution < 1.29 is 14.6 Å². The average Bonchev–Trinajstić information content (AvgIpc) is 3.46. The van der Waals surface area contributed by atoms with Crippen molar-refractivity contribution in [1.82, 2.24) is 5.32 Å². The third-order valence-corrected chi connectivity index (χ3v) is 4.30. The number of nitrogens with one attached hydrogen (secondary N) is 1. The van der Waals surface area contributed by atoms with Crippen LogP contribution in [0.4, 0.5) is 0 Å². The first-order chi connectivity index (χ1) is 11.8. The Morgan fingerprint density at radius 1 is 1.08 bits per heavy atom. The molecule has 1 aliphatic rings. The minimum Gasteiger partial charge on any atom is -0.476 e. The van der Waals surface area contributed by atoms with Gasteiger partial charge in [0.05, 0.1) is 0 Å². The molecule has 0 heterocycles. The molecule has 0 aromatic heterocycles. The molecule has 0 spiro atoms. The van der Waals surface area contributed by atoms with Crippen LogP contribution in [0.25, 0.3) is 0 Å². The number of hydrogen-bond acceptors (Lipinski definition) is 3. The fourth-order valence-electron chi connectivity index (χ4n) is 2.86. The first-order valence-corrected chi connectivity index (χ1v) is 8.46. The number of amides is 1. The minimum atomic E-state index is -0.700. The van der Waals surface area contributed by atoms with Gasteiger partial charge < -0.3 is 15.2 Å². The highest BCUT2D eigenvalue weighted by atomic mass is 16.5. The molecule has 2 atom stereocenters. The van der Waals surface area contributed by atoms with Crippen LogP contribution < -0.4 is 10.1 Å². The smallest absolute Gasteiger partial charge is 0.266 e. The standard InChI is InChI=1S/C20H23NO3/c22-14-13-18(15-11-12-15)21-20(23)19(16-7-3-1-4-8-16)24-17-9-5-2-6-10-17/h1-10,15,18-19,22H,11-14H2,(H,21,23). The van der Waals surface area contributed by atoms with Gasteiger partial charge in [0.2, 0.25) is 6.10 Å². The Morgan fingerprint density at radius 2 is 1.71 bits per heavy atom. The highest BCUT2D eigenvalue weighted by Crippen LogP contribution is 2.34. The Bertz CT molecular complexity index is 640. The van der Waals surface area contributed by atoms with Crippen LogP contribution in [0.2, 0.25) is 0 Å². The Hall–Kier alpha value is -2.33. The molecule has 0 bridgehead atoms. The van der Waals surface area contributed by atoms with Gasteiger partial charge in [-0.3, -0.25) is 4.79 Å². The lowest BCUT2D eigenvalue weighted by molar-refractivity contribution is -0.129. The molecule has 0 saturated heterocycles. The van der Waals surface area contributed by atoms with Crippen LogP contribution in [0, 0.1) is 5.92 Å². The van der Waals surface area contributed by atoms with Crippen molar-refractivity contribution in [3.63, 3.8) is 0 Å². The summed E-state index contributed by atoms with van der Waals surface area (Å²) in [6.07, 6.45) is 2.11. The predicted octanol–water partition coefficient (Wildman–Crippen LogP) is 3.08. The maximum atomic E-state index is 12.8. The maximum absolute atomic E-state index is 12.8. The van der Waals surface area contributed by atoms with Crippen molar-refractivity contribution in [2.24, 2.45) is 5.92 Å². The summed E-state index contributed by atoms with van der Waals surface area (Å²) in [5.74, 6) is 0.983. The fourth-order valence-corrected chi connectivity index (χ4v) is 2.86. The molecule has 1 saturated carbocycles. The van der Waals surface area contributed by atoms with E-state index < -0.39 is 6.10 Å². The largest absolute Gasteiger partial charge is 0.476 e. The average molecular weight is 325 g/mol. The lowest BCUT2D eigenvalue weighted by atomic mass is 10.1. The van der Waals surface area contributed by atoms with E-state index in [1.807, 2.05) is 60.7 Å². The quantitative estimate of drug-likeness (QED) is 0.784. The van der Waals surface area contributed by atoms with Crippen LogP contribution in [0.15, 0.2) is 60.7 Å². The molecular formula is C20H23NO3. The van der Waals surface area contributed by atoms with Gasteiger partial charge in [-0.15, -0.1) is 0 Å². The molecule has 4 heteroatoms. The highest BCUT2D eigenvalue weighted by molar-refractivity contribution is 5.83. The van der Waals surface area contributed by atoms with E-state index in [0.717, 1.165) is 18.4 Å². The SMILES string of the molecule is O=C(NC(CCO)C1CC1)C(Oc1ccccc1)c1ccccc1. The second-order valence-electron chi connectivity index (χ2n) is 6.19. The van der Waals surface area contributed by atoms with Crippen LogP contribution in [0.5, 0.6) is 5.75 Å². The molecular weight excluding hydrogens is 302 g/mol. The van der Waals surface area contributed by atoms with Gasteiger partial charge in [-0.2, -0.15) is 0 Å². The van der Waals surface area contributed by atoms with Crippen LogP contribution in [0.3, 0.4) is 0 Å². The van der Waals surface area contributed by atoms with E-state index in [4.69, 9.17) is 4.74 Å². The minimum absolute atomic E-state index is 0.0214. The van der Waals surface area contributed by atoms with E-state index in [9.17, 15) is 9.90 Å². The van der Waals surface area contributed by atoms with Gasteiger partial charge in [0.25, 0.3) is 5.91 Å². The molecule has 0 radical (unpaired) electrons. The summed E-state index contributed by atoms with van der Waals surface area (Å²) in [4.78, 5) is 12.8. The summed E-state index contributed by atoms with van der Waals surface area (Å²) in [7, 11) is 0. The van der Waals surface area contributed by atoms with Gasteiger partial charge in [0.1, 0.15) is 5.75 Å². The number of benzene rings is 2. The zero-order chi connectivity index (χ0) is 16.8. The van der Waals surface area contributed by atoms with Crippen LogP contribution >= 0.6 is 0 Å².